The minimum absolute atomic E-state index is 0.0403. The summed E-state index contributed by atoms with van der Waals surface area (Å²) in [5.74, 6) is -0.0806. The van der Waals surface area contributed by atoms with E-state index in [4.69, 9.17) is 4.52 Å². The average molecular weight is 415 g/mol. The third-order valence-corrected chi connectivity index (χ3v) is 6.08. The summed E-state index contributed by atoms with van der Waals surface area (Å²) < 4.78 is 36.3. The summed E-state index contributed by atoms with van der Waals surface area (Å²) in [6.45, 7) is 1.92. The fourth-order valence-corrected chi connectivity index (χ4v) is 3.83. The molecule has 0 spiro atoms. The van der Waals surface area contributed by atoms with Crippen molar-refractivity contribution in [3.63, 3.8) is 0 Å². The molecule has 0 aliphatic carbocycles. The van der Waals surface area contributed by atoms with E-state index in [1.54, 1.807) is 12.1 Å². The molecule has 0 bridgehead atoms. The summed E-state index contributed by atoms with van der Waals surface area (Å²) in [7, 11) is -0.881. The summed E-state index contributed by atoms with van der Waals surface area (Å²) in [4.78, 5) is 15.8. The molecule has 0 radical (unpaired) electrons. The number of hydrogen-bond acceptors (Lipinski definition) is 7. The summed E-state index contributed by atoms with van der Waals surface area (Å²) >= 11 is 0. The number of sulfonamides is 1. The summed E-state index contributed by atoms with van der Waals surface area (Å²) in [5, 5.41) is 3.93. The van der Waals surface area contributed by atoms with Crippen LogP contribution in [0, 0.1) is 6.92 Å². The Kier molecular flexibility index (Phi) is 6.09. The monoisotopic (exact) mass is 415 g/mol. The number of esters is 1. The number of carbonyl (C=O) groups excluding carboxylic acids is 1. The van der Waals surface area contributed by atoms with Gasteiger partial charge in [0.25, 0.3) is 0 Å². The van der Waals surface area contributed by atoms with Gasteiger partial charge in [0, 0.05) is 12.6 Å². The predicted octanol–water partition coefficient (Wildman–Crippen LogP) is 2.79. The number of hydrogen-bond donors (Lipinski definition) is 0. The van der Waals surface area contributed by atoms with E-state index in [0.29, 0.717) is 17.0 Å². The molecule has 0 fully saturated rings. The van der Waals surface area contributed by atoms with E-state index in [-0.39, 0.29) is 18.2 Å². The van der Waals surface area contributed by atoms with Crippen molar-refractivity contribution in [2.75, 3.05) is 14.2 Å². The van der Waals surface area contributed by atoms with Gasteiger partial charge in [-0.1, -0.05) is 41.1 Å². The Morgan fingerprint density at radius 1 is 1.17 bits per heavy atom. The van der Waals surface area contributed by atoms with Crippen molar-refractivity contribution in [1.29, 1.82) is 0 Å². The number of aryl methyl sites for hydroxylation is 1. The van der Waals surface area contributed by atoms with E-state index in [2.05, 4.69) is 14.9 Å². The van der Waals surface area contributed by atoms with E-state index in [1.165, 1.54) is 26.3 Å². The third kappa shape index (κ3) is 5.07. The molecule has 1 heterocycles. The highest BCUT2D eigenvalue weighted by molar-refractivity contribution is 7.88. The van der Waals surface area contributed by atoms with Crippen molar-refractivity contribution in [3.05, 3.63) is 71.1 Å². The fourth-order valence-electron chi connectivity index (χ4n) is 2.69. The molecule has 3 rings (SSSR count). The lowest BCUT2D eigenvalue weighted by atomic mass is 10.1. The van der Waals surface area contributed by atoms with Gasteiger partial charge in [-0.2, -0.15) is 9.29 Å². The van der Waals surface area contributed by atoms with Gasteiger partial charge in [-0.25, -0.2) is 13.2 Å². The molecular weight excluding hydrogens is 394 g/mol. The van der Waals surface area contributed by atoms with Gasteiger partial charge in [0.2, 0.25) is 21.7 Å². The fraction of sp³-hybridized carbons (Fsp3) is 0.250. The van der Waals surface area contributed by atoms with E-state index in [1.807, 2.05) is 31.2 Å². The molecule has 3 aromatic rings. The second kappa shape index (κ2) is 8.54. The predicted molar refractivity (Wildman–Crippen MR) is 106 cm³/mol. The first-order valence-corrected chi connectivity index (χ1v) is 10.4. The minimum Gasteiger partial charge on any atom is -0.465 e. The summed E-state index contributed by atoms with van der Waals surface area (Å²) in [6, 6.07) is 13.9. The second-order valence-corrected chi connectivity index (χ2v) is 8.66. The van der Waals surface area contributed by atoms with Gasteiger partial charge in [-0.15, -0.1) is 0 Å². The minimum atomic E-state index is -3.62. The zero-order valence-corrected chi connectivity index (χ0v) is 17.1. The van der Waals surface area contributed by atoms with Crippen molar-refractivity contribution in [2.24, 2.45) is 0 Å². The van der Waals surface area contributed by atoms with Crippen LogP contribution in [0.2, 0.25) is 0 Å². The van der Waals surface area contributed by atoms with Gasteiger partial charge in [-0.05, 0) is 30.7 Å². The molecule has 29 heavy (non-hydrogen) atoms. The quantitative estimate of drug-likeness (QED) is 0.547. The first-order valence-electron chi connectivity index (χ1n) is 8.79. The van der Waals surface area contributed by atoms with Crippen LogP contribution < -0.4 is 0 Å². The zero-order valence-electron chi connectivity index (χ0n) is 16.3. The summed E-state index contributed by atoms with van der Waals surface area (Å²) in [5.41, 5.74) is 2.77. The molecule has 0 saturated heterocycles. The number of benzene rings is 2. The largest absolute Gasteiger partial charge is 0.465 e. The van der Waals surface area contributed by atoms with Crippen molar-refractivity contribution in [3.8, 4) is 11.4 Å². The molecule has 0 N–H and O–H groups in total. The Labute approximate surface area is 169 Å². The van der Waals surface area contributed by atoms with Gasteiger partial charge < -0.3 is 9.26 Å². The number of carbonyl (C=O) groups is 1. The van der Waals surface area contributed by atoms with Crippen LogP contribution in [-0.4, -0.2) is 43.0 Å². The highest BCUT2D eigenvalue weighted by atomic mass is 32.2. The van der Waals surface area contributed by atoms with E-state index < -0.39 is 16.0 Å². The topological polar surface area (TPSA) is 103 Å². The van der Waals surface area contributed by atoms with Crippen LogP contribution in [0.15, 0.2) is 53.1 Å². The molecule has 152 valence electrons. The number of methoxy groups -OCH3 is 1. The maximum Gasteiger partial charge on any atom is 0.337 e. The zero-order chi connectivity index (χ0) is 21.0. The van der Waals surface area contributed by atoms with Crippen LogP contribution in [0.4, 0.5) is 0 Å². The Morgan fingerprint density at radius 2 is 1.90 bits per heavy atom. The van der Waals surface area contributed by atoms with Gasteiger partial charge in [-0.3, -0.25) is 0 Å². The van der Waals surface area contributed by atoms with Gasteiger partial charge in [0.15, 0.2) is 0 Å². The molecule has 8 nitrogen and oxygen atoms in total. The number of rotatable bonds is 7. The number of ether oxygens (including phenoxy) is 1. The first kappa shape index (κ1) is 20.7. The van der Waals surface area contributed by atoms with Crippen molar-refractivity contribution in [1.82, 2.24) is 14.4 Å². The van der Waals surface area contributed by atoms with Crippen LogP contribution in [0.25, 0.3) is 11.4 Å². The average Bonchev–Trinajstić information content (AvgIpc) is 3.16. The van der Waals surface area contributed by atoms with Gasteiger partial charge >= 0.3 is 5.97 Å². The highest BCUT2D eigenvalue weighted by Crippen LogP contribution is 2.19. The molecule has 0 aliphatic rings. The molecule has 1 aromatic heterocycles. The maximum absolute atomic E-state index is 12.6. The smallest absolute Gasteiger partial charge is 0.337 e. The summed E-state index contributed by atoms with van der Waals surface area (Å²) in [6.07, 6.45) is 0. The molecule has 0 saturated carbocycles. The number of nitrogens with zero attached hydrogens (tertiary/aromatic N) is 3. The van der Waals surface area contributed by atoms with Crippen LogP contribution >= 0.6 is 0 Å². The van der Waals surface area contributed by atoms with E-state index in [0.717, 1.165) is 15.4 Å². The standard InChI is InChI=1S/C20H21N3O5S/c1-14-5-4-6-17(11-14)19-21-18(28-22-19)12-23(2)29(25,26)13-15-7-9-16(10-8-15)20(24)27-3/h4-11H,12-13H2,1-3H3. The molecule has 9 heteroatoms. The lowest BCUT2D eigenvalue weighted by Gasteiger charge is -2.15. The Morgan fingerprint density at radius 3 is 2.55 bits per heavy atom. The highest BCUT2D eigenvalue weighted by Gasteiger charge is 2.22. The van der Waals surface area contributed by atoms with Crippen LogP contribution in [0.1, 0.15) is 27.4 Å². The SMILES string of the molecule is COC(=O)c1ccc(CS(=O)(=O)N(C)Cc2nc(-c3cccc(C)c3)no2)cc1. The molecule has 0 amide bonds. The Bertz CT molecular complexity index is 1110. The van der Waals surface area contributed by atoms with Crippen LogP contribution in [-0.2, 0) is 27.1 Å². The van der Waals surface area contributed by atoms with Crippen molar-refractivity contribution >= 4 is 16.0 Å². The van der Waals surface area contributed by atoms with E-state index in [9.17, 15) is 13.2 Å². The molecular formula is C20H21N3O5S. The molecule has 0 unspecified atom stereocenters. The number of aromatic nitrogens is 2. The van der Waals surface area contributed by atoms with Gasteiger partial charge in [0.1, 0.15) is 0 Å². The Hall–Kier alpha value is -3.04. The lowest BCUT2D eigenvalue weighted by molar-refractivity contribution is 0.0600. The third-order valence-electron chi connectivity index (χ3n) is 4.30. The normalized spacial score (nSPS) is 11.6. The van der Waals surface area contributed by atoms with E-state index >= 15 is 0 Å². The van der Waals surface area contributed by atoms with Crippen LogP contribution in [0.5, 0.6) is 0 Å². The lowest BCUT2D eigenvalue weighted by Crippen LogP contribution is -2.28. The molecule has 0 atom stereocenters. The van der Waals surface area contributed by atoms with Crippen LogP contribution in [0.3, 0.4) is 0 Å². The molecule has 0 aliphatic heterocycles. The van der Waals surface area contributed by atoms with Gasteiger partial charge in [0.05, 0.1) is 25.0 Å². The van der Waals surface area contributed by atoms with Crippen molar-refractivity contribution < 1.29 is 22.5 Å². The second-order valence-electron chi connectivity index (χ2n) is 6.58. The molecule has 2 aromatic carbocycles. The Balaban J connectivity index is 1.68. The van der Waals surface area contributed by atoms with Crippen molar-refractivity contribution in [2.45, 2.75) is 19.2 Å². The maximum atomic E-state index is 12.6. The first-order chi connectivity index (χ1) is 13.8.